The molecular weight excluding hydrogens is 571 g/mol. The normalized spacial score (nSPS) is 11.4. The van der Waals surface area contributed by atoms with E-state index in [1.807, 2.05) is 42.0 Å². The van der Waals surface area contributed by atoms with E-state index in [1.165, 1.54) is 32.6 Å². The van der Waals surface area contributed by atoms with Crippen molar-refractivity contribution in [3.63, 3.8) is 0 Å². The Morgan fingerprint density at radius 3 is 2.27 bits per heavy atom. The van der Waals surface area contributed by atoms with Crippen molar-refractivity contribution in [3.05, 3.63) is 74.7 Å². The molecule has 41 heavy (non-hydrogen) atoms. The van der Waals surface area contributed by atoms with E-state index in [0.717, 1.165) is 17.5 Å². The lowest BCUT2D eigenvalue weighted by molar-refractivity contribution is 0.0740. The number of nitrogens with one attached hydrogen (secondary N) is 1. The van der Waals surface area contributed by atoms with Crippen LogP contribution in [-0.2, 0) is 23.2 Å². The molecular formula is C28H35FN4O6S2. The summed E-state index contributed by atoms with van der Waals surface area (Å²) >= 11 is 1.19. The minimum absolute atomic E-state index is 0.0717. The number of carbonyl (C=O) groups is 2. The maximum atomic E-state index is 13.8. The number of aryl methyl sites for hydroxylation is 2. The molecule has 0 radical (unpaired) electrons. The molecule has 0 saturated heterocycles. The highest BCUT2D eigenvalue weighted by Crippen LogP contribution is 2.30. The number of thiazole rings is 1. The second-order valence-corrected chi connectivity index (χ2v) is 12.3. The van der Waals surface area contributed by atoms with Crippen molar-refractivity contribution in [2.45, 2.75) is 33.2 Å². The number of alkyl halides is 1. The van der Waals surface area contributed by atoms with Gasteiger partial charge < -0.3 is 14.4 Å². The van der Waals surface area contributed by atoms with E-state index in [1.54, 1.807) is 24.0 Å². The zero-order valence-electron chi connectivity index (χ0n) is 23.8. The van der Waals surface area contributed by atoms with Crippen molar-refractivity contribution < 1.29 is 31.9 Å². The topological polar surface area (TPSA) is 118 Å². The van der Waals surface area contributed by atoms with Crippen molar-refractivity contribution in [2.24, 2.45) is 0 Å². The fourth-order valence-electron chi connectivity index (χ4n) is 4.14. The van der Waals surface area contributed by atoms with Gasteiger partial charge in [-0.15, -0.1) is 11.3 Å². The summed E-state index contributed by atoms with van der Waals surface area (Å²) < 4.78 is 50.8. The van der Waals surface area contributed by atoms with Gasteiger partial charge in [0.1, 0.15) is 28.9 Å². The Labute approximate surface area is 244 Å². The Hall–Kier alpha value is -3.55. The van der Waals surface area contributed by atoms with Crippen molar-refractivity contribution in [3.8, 4) is 11.5 Å². The lowest BCUT2D eigenvalue weighted by Gasteiger charge is -2.23. The van der Waals surface area contributed by atoms with Gasteiger partial charge in [0.2, 0.25) is 0 Å². The van der Waals surface area contributed by atoms with Crippen LogP contribution in [0.4, 0.5) is 4.39 Å². The molecule has 222 valence electrons. The minimum atomic E-state index is -4.23. The lowest BCUT2D eigenvalue weighted by atomic mass is 10.1. The van der Waals surface area contributed by atoms with Gasteiger partial charge >= 0.3 is 10.2 Å². The lowest BCUT2D eigenvalue weighted by Crippen LogP contribution is -2.42. The molecule has 1 heterocycles. The molecule has 0 atom stereocenters. The van der Waals surface area contributed by atoms with E-state index in [4.69, 9.17) is 9.47 Å². The number of methoxy groups -OCH3 is 2. The number of amides is 2. The first kappa shape index (κ1) is 32.0. The van der Waals surface area contributed by atoms with Crippen LogP contribution in [0.15, 0.2) is 42.5 Å². The Morgan fingerprint density at radius 1 is 1.05 bits per heavy atom. The van der Waals surface area contributed by atoms with E-state index in [-0.39, 0.29) is 18.1 Å². The molecule has 0 fully saturated rings. The number of carbonyl (C=O) groups excluding carboxylic acids is 2. The van der Waals surface area contributed by atoms with Crippen molar-refractivity contribution in [2.75, 3.05) is 41.0 Å². The number of rotatable bonds is 14. The van der Waals surface area contributed by atoms with Gasteiger partial charge in [-0.05, 0) is 44.4 Å². The minimum Gasteiger partial charge on any atom is -0.496 e. The SMILES string of the molecule is COc1cc(C(=O)N(CCCc2ccccc2)Cc2nc(C(=O)NS(=O)(=O)N(C)CCF)c(C)s2)cc(OC)c1C. The molecule has 0 saturated carbocycles. The number of nitrogens with zero attached hydrogens (tertiary/aromatic N) is 3. The Balaban J connectivity index is 1.87. The van der Waals surface area contributed by atoms with Crippen LogP contribution in [0.25, 0.3) is 0 Å². The number of halogens is 1. The summed E-state index contributed by atoms with van der Waals surface area (Å²) in [4.78, 5) is 33.0. The average Bonchev–Trinajstić information content (AvgIpc) is 3.32. The molecule has 0 unspecified atom stereocenters. The van der Waals surface area contributed by atoms with E-state index >= 15 is 0 Å². The first-order valence-corrected chi connectivity index (χ1v) is 15.1. The smallest absolute Gasteiger partial charge is 0.303 e. The molecule has 3 rings (SSSR count). The predicted octanol–water partition coefficient (Wildman–Crippen LogP) is 3.93. The summed E-state index contributed by atoms with van der Waals surface area (Å²) in [7, 11) is -0.0218. The molecule has 0 aliphatic carbocycles. The molecule has 13 heteroatoms. The summed E-state index contributed by atoms with van der Waals surface area (Å²) in [5, 5.41) is 0.460. The predicted molar refractivity (Wildman–Crippen MR) is 156 cm³/mol. The maximum absolute atomic E-state index is 13.8. The molecule has 0 bridgehead atoms. The van der Waals surface area contributed by atoms with E-state index in [0.29, 0.717) is 44.2 Å². The number of ether oxygens (including phenoxy) is 2. The van der Waals surface area contributed by atoms with Crippen LogP contribution >= 0.6 is 11.3 Å². The van der Waals surface area contributed by atoms with Gasteiger partial charge in [-0.2, -0.15) is 12.7 Å². The van der Waals surface area contributed by atoms with Gasteiger partial charge in [0.25, 0.3) is 11.8 Å². The first-order chi connectivity index (χ1) is 19.5. The highest BCUT2D eigenvalue weighted by molar-refractivity contribution is 7.87. The summed E-state index contributed by atoms with van der Waals surface area (Å²) in [5.41, 5.74) is 2.21. The van der Waals surface area contributed by atoms with Crippen LogP contribution in [0, 0.1) is 13.8 Å². The molecule has 3 aromatic rings. The van der Waals surface area contributed by atoms with E-state index in [9.17, 15) is 22.4 Å². The van der Waals surface area contributed by atoms with Gasteiger partial charge in [0.05, 0.1) is 20.8 Å². The number of benzene rings is 2. The molecule has 10 nitrogen and oxygen atoms in total. The molecule has 0 spiro atoms. The van der Waals surface area contributed by atoms with Gasteiger partial charge in [-0.3, -0.25) is 9.59 Å². The second kappa shape index (κ2) is 14.4. The standard InChI is InChI=1S/C28H35FN4O6S2/c1-19-23(38-4)16-22(17-24(19)39-5)28(35)33(14-9-12-21-10-7-6-8-11-21)18-25-30-26(20(2)40-25)27(34)31-41(36,37)32(3)15-13-29/h6-8,10-11,16-17H,9,12-15,18H2,1-5H3,(H,31,34). The van der Waals surface area contributed by atoms with Gasteiger partial charge in [-0.25, -0.2) is 14.1 Å². The van der Waals surface area contributed by atoms with Crippen molar-refractivity contribution in [1.82, 2.24) is 18.9 Å². The van der Waals surface area contributed by atoms with Gasteiger partial charge in [0, 0.05) is 36.1 Å². The molecule has 2 amide bonds. The Bertz CT molecular complexity index is 1440. The first-order valence-electron chi connectivity index (χ1n) is 12.9. The summed E-state index contributed by atoms with van der Waals surface area (Å²) in [6, 6.07) is 13.2. The monoisotopic (exact) mass is 606 g/mol. The van der Waals surface area contributed by atoms with Crippen LogP contribution in [0.3, 0.4) is 0 Å². The number of hydrogen-bond donors (Lipinski definition) is 1. The molecule has 2 aromatic carbocycles. The van der Waals surface area contributed by atoms with Crippen molar-refractivity contribution in [1.29, 1.82) is 0 Å². The summed E-state index contributed by atoms with van der Waals surface area (Å²) in [6.07, 6.45) is 1.42. The highest BCUT2D eigenvalue weighted by atomic mass is 32.2. The third-order valence-electron chi connectivity index (χ3n) is 6.44. The van der Waals surface area contributed by atoms with Crippen LogP contribution in [0.2, 0.25) is 0 Å². The van der Waals surface area contributed by atoms with E-state index in [2.05, 4.69) is 4.98 Å². The quantitative estimate of drug-likeness (QED) is 0.296. The number of hydrogen-bond acceptors (Lipinski definition) is 8. The largest absolute Gasteiger partial charge is 0.496 e. The Morgan fingerprint density at radius 2 is 1.68 bits per heavy atom. The van der Waals surface area contributed by atoms with Crippen LogP contribution in [0.1, 0.15) is 48.3 Å². The van der Waals surface area contributed by atoms with Gasteiger partial charge in [0.15, 0.2) is 0 Å². The fraction of sp³-hybridized carbons (Fsp3) is 0.393. The van der Waals surface area contributed by atoms with Crippen LogP contribution < -0.4 is 14.2 Å². The molecule has 0 aliphatic heterocycles. The fourth-order valence-corrected chi connectivity index (χ4v) is 5.88. The van der Waals surface area contributed by atoms with Gasteiger partial charge in [-0.1, -0.05) is 30.3 Å². The summed E-state index contributed by atoms with van der Waals surface area (Å²) in [6.45, 7) is 2.69. The van der Waals surface area contributed by atoms with E-state index < -0.39 is 29.3 Å². The Kier molecular flexibility index (Phi) is 11.2. The third kappa shape index (κ3) is 8.24. The number of aromatic nitrogens is 1. The molecule has 1 N–H and O–H groups in total. The second-order valence-electron chi connectivity index (χ2n) is 9.28. The van der Waals surface area contributed by atoms with Crippen LogP contribution in [-0.4, -0.2) is 75.5 Å². The zero-order chi connectivity index (χ0) is 30.2. The summed E-state index contributed by atoms with van der Waals surface area (Å²) in [5.74, 6) is -0.172. The maximum Gasteiger partial charge on any atom is 0.303 e. The highest BCUT2D eigenvalue weighted by Gasteiger charge is 2.26. The molecule has 1 aromatic heterocycles. The van der Waals surface area contributed by atoms with Crippen molar-refractivity contribution >= 4 is 33.4 Å². The van der Waals surface area contributed by atoms with Crippen LogP contribution in [0.5, 0.6) is 11.5 Å². The third-order valence-corrected chi connectivity index (χ3v) is 8.84. The zero-order valence-corrected chi connectivity index (χ0v) is 25.4. The average molecular weight is 607 g/mol. The molecule has 0 aliphatic rings.